The van der Waals surface area contributed by atoms with Crippen molar-refractivity contribution in [2.24, 2.45) is 0 Å². The second kappa shape index (κ2) is 13.2. The number of halogens is 1. The smallest absolute Gasteiger partial charge is 0.406 e. The molecule has 0 radical (unpaired) electrons. The van der Waals surface area contributed by atoms with Crippen LogP contribution in [-0.2, 0) is 14.3 Å². The summed E-state index contributed by atoms with van der Waals surface area (Å²) in [5.41, 5.74) is 5.04. The molecular formula is C29H38BrN3O6. The number of unbranched alkanes of at least 4 members (excludes halogenated alkanes) is 1. The van der Waals surface area contributed by atoms with Crippen LogP contribution in [0, 0.1) is 20.8 Å². The number of methoxy groups -OCH3 is 1. The second-order valence-electron chi connectivity index (χ2n) is 9.75. The van der Waals surface area contributed by atoms with Crippen molar-refractivity contribution < 1.29 is 28.6 Å². The molecule has 39 heavy (non-hydrogen) atoms. The summed E-state index contributed by atoms with van der Waals surface area (Å²) in [5.74, 6) is 1.43. The Bertz CT molecular complexity index is 1230. The highest BCUT2D eigenvalue weighted by atomic mass is 79.9. The summed E-state index contributed by atoms with van der Waals surface area (Å²) in [6.07, 6.45) is 0.655. The van der Waals surface area contributed by atoms with Crippen molar-refractivity contribution in [2.75, 3.05) is 36.5 Å². The zero-order chi connectivity index (χ0) is 28.9. The standard InChI is InChI=1S/C15H21NO2.C14H17BrN2O4/c1-5-6-7-16-13-8-10(2)11(3)9-14(13)18-12(4)15(16)17;1-8-6-11-12(7-10(8)15)21-9(2)13(18)17(11)5-4-16-14(19)20-3/h8-9,12H,5-7H2,1-4H3;6-7,9H,4-5H2,1-3H3,(H,16,19). The molecule has 0 aromatic heterocycles. The van der Waals surface area contributed by atoms with E-state index in [1.165, 1.54) is 18.2 Å². The lowest BCUT2D eigenvalue weighted by molar-refractivity contribution is -0.126. The first-order chi connectivity index (χ1) is 18.5. The van der Waals surface area contributed by atoms with Gasteiger partial charge in [-0.3, -0.25) is 9.59 Å². The zero-order valence-corrected chi connectivity index (χ0v) is 25.3. The van der Waals surface area contributed by atoms with Crippen molar-refractivity contribution in [3.63, 3.8) is 0 Å². The van der Waals surface area contributed by atoms with E-state index in [4.69, 9.17) is 9.47 Å². The SMILES string of the molecule is CCCCN1C(=O)C(C)Oc2cc(C)c(C)cc21.COC(=O)NCCN1C(=O)C(C)Oc2cc(Br)c(C)cc21. The van der Waals surface area contributed by atoms with Crippen LogP contribution in [0.3, 0.4) is 0 Å². The molecule has 2 heterocycles. The van der Waals surface area contributed by atoms with Crippen molar-refractivity contribution in [1.29, 1.82) is 0 Å². The molecule has 2 aliphatic heterocycles. The fourth-order valence-electron chi connectivity index (χ4n) is 4.31. The predicted molar refractivity (Wildman–Crippen MR) is 155 cm³/mol. The molecule has 0 bridgehead atoms. The van der Waals surface area contributed by atoms with E-state index in [0.717, 1.165) is 40.9 Å². The Morgan fingerprint density at radius 1 is 0.897 bits per heavy atom. The van der Waals surface area contributed by atoms with Crippen LogP contribution in [-0.4, -0.2) is 56.9 Å². The molecule has 1 N–H and O–H groups in total. The molecule has 212 valence electrons. The number of amides is 3. The number of anilines is 2. The van der Waals surface area contributed by atoms with Gasteiger partial charge in [0.15, 0.2) is 12.2 Å². The van der Waals surface area contributed by atoms with Crippen LogP contribution in [0.2, 0.25) is 0 Å². The molecule has 2 aliphatic rings. The van der Waals surface area contributed by atoms with Gasteiger partial charge in [-0.15, -0.1) is 0 Å². The normalized spacial score (nSPS) is 17.7. The number of hydrogen-bond acceptors (Lipinski definition) is 6. The van der Waals surface area contributed by atoms with Crippen LogP contribution in [0.5, 0.6) is 11.5 Å². The van der Waals surface area contributed by atoms with Gasteiger partial charge in [0.1, 0.15) is 11.5 Å². The van der Waals surface area contributed by atoms with Gasteiger partial charge in [-0.2, -0.15) is 0 Å². The number of rotatable bonds is 6. The van der Waals surface area contributed by atoms with Crippen LogP contribution < -0.4 is 24.6 Å². The number of carbonyl (C=O) groups excluding carboxylic acids is 3. The first-order valence-electron chi connectivity index (χ1n) is 13.2. The van der Waals surface area contributed by atoms with Crippen molar-refractivity contribution in [2.45, 2.75) is 66.6 Å². The third-order valence-electron chi connectivity index (χ3n) is 6.76. The van der Waals surface area contributed by atoms with Gasteiger partial charge in [-0.25, -0.2) is 4.79 Å². The van der Waals surface area contributed by atoms with Gasteiger partial charge in [0.2, 0.25) is 0 Å². The molecule has 0 aliphatic carbocycles. The number of aryl methyl sites for hydroxylation is 3. The van der Waals surface area contributed by atoms with Crippen molar-refractivity contribution in [1.82, 2.24) is 5.32 Å². The number of nitrogens with zero attached hydrogens (tertiary/aromatic N) is 2. The Labute approximate surface area is 238 Å². The number of alkyl carbamates (subject to hydrolysis) is 1. The van der Waals surface area contributed by atoms with E-state index in [-0.39, 0.29) is 17.9 Å². The van der Waals surface area contributed by atoms with Gasteiger partial charge in [-0.05, 0) is 82.0 Å². The summed E-state index contributed by atoms with van der Waals surface area (Å²) in [4.78, 5) is 39.0. The lowest BCUT2D eigenvalue weighted by Gasteiger charge is -2.33. The molecule has 3 amide bonds. The molecule has 0 saturated heterocycles. The first-order valence-corrected chi connectivity index (χ1v) is 14.0. The fraction of sp³-hybridized carbons (Fsp3) is 0.483. The van der Waals surface area contributed by atoms with Crippen LogP contribution in [0.1, 0.15) is 50.3 Å². The van der Waals surface area contributed by atoms with E-state index in [2.05, 4.69) is 52.8 Å². The van der Waals surface area contributed by atoms with Gasteiger partial charge >= 0.3 is 6.09 Å². The zero-order valence-electron chi connectivity index (χ0n) is 23.7. The number of hydrogen-bond donors (Lipinski definition) is 1. The van der Waals surface area contributed by atoms with E-state index >= 15 is 0 Å². The van der Waals surface area contributed by atoms with Crippen LogP contribution in [0.15, 0.2) is 28.7 Å². The Kier molecular flexibility index (Phi) is 10.2. The summed E-state index contributed by atoms with van der Waals surface area (Å²) in [6, 6.07) is 7.84. The second-order valence-corrected chi connectivity index (χ2v) is 10.6. The highest BCUT2D eigenvalue weighted by Crippen LogP contribution is 2.38. The number of fused-ring (bicyclic) bond motifs is 2. The average Bonchev–Trinajstić information content (AvgIpc) is 2.89. The summed E-state index contributed by atoms with van der Waals surface area (Å²) in [7, 11) is 1.30. The van der Waals surface area contributed by atoms with Crippen molar-refractivity contribution >= 4 is 45.2 Å². The molecule has 0 spiro atoms. The minimum absolute atomic E-state index is 0.0687. The number of nitrogens with one attached hydrogen (secondary N) is 1. The molecule has 10 heteroatoms. The maximum atomic E-state index is 12.3. The Hall–Kier alpha value is -3.27. The van der Waals surface area contributed by atoms with E-state index in [9.17, 15) is 14.4 Å². The molecule has 2 aromatic carbocycles. The highest BCUT2D eigenvalue weighted by molar-refractivity contribution is 9.10. The summed E-state index contributed by atoms with van der Waals surface area (Å²) in [5, 5.41) is 2.57. The number of carbonyl (C=O) groups is 3. The molecule has 0 saturated carbocycles. The van der Waals surface area contributed by atoms with Crippen molar-refractivity contribution in [3.8, 4) is 11.5 Å². The number of ether oxygens (including phenoxy) is 3. The average molecular weight is 605 g/mol. The van der Waals surface area contributed by atoms with Gasteiger partial charge in [0, 0.05) is 24.1 Å². The maximum absolute atomic E-state index is 12.3. The Morgan fingerprint density at radius 2 is 1.41 bits per heavy atom. The van der Waals surface area contributed by atoms with E-state index in [0.29, 0.717) is 24.5 Å². The predicted octanol–water partition coefficient (Wildman–Crippen LogP) is 5.44. The third-order valence-corrected chi connectivity index (χ3v) is 7.61. The van der Waals surface area contributed by atoms with E-state index in [1.54, 1.807) is 11.8 Å². The lowest BCUT2D eigenvalue weighted by Crippen LogP contribution is -2.47. The van der Waals surface area contributed by atoms with Crippen LogP contribution in [0.4, 0.5) is 16.2 Å². The minimum atomic E-state index is -0.551. The molecular weight excluding hydrogens is 566 g/mol. The maximum Gasteiger partial charge on any atom is 0.406 e. The van der Waals surface area contributed by atoms with Crippen molar-refractivity contribution in [3.05, 3.63) is 45.4 Å². The molecule has 2 atom stereocenters. The summed E-state index contributed by atoms with van der Waals surface area (Å²) in [6.45, 7) is 13.2. The summed E-state index contributed by atoms with van der Waals surface area (Å²) < 4.78 is 16.8. The van der Waals surface area contributed by atoms with Crippen LogP contribution >= 0.6 is 15.9 Å². The molecule has 2 unspecified atom stereocenters. The van der Waals surface area contributed by atoms with Gasteiger partial charge < -0.3 is 29.3 Å². The summed E-state index contributed by atoms with van der Waals surface area (Å²) >= 11 is 3.45. The molecule has 2 aromatic rings. The highest BCUT2D eigenvalue weighted by Gasteiger charge is 2.32. The van der Waals surface area contributed by atoms with Gasteiger partial charge in [0.25, 0.3) is 11.8 Å². The quantitative estimate of drug-likeness (QED) is 0.472. The molecule has 9 nitrogen and oxygen atoms in total. The lowest BCUT2D eigenvalue weighted by atomic mass is 10.1. The third kappa shape index (κ3) is 7.03. The van der Waals surface area contributed by atoms with Crippen LogP contribution in [0.25, 0.3) is 0 Å². The monoisotopic (exact) mass is 603 g/mol. The number of benzene rings is 2. The molecule has 4 rings (SSSR count). The molecule has 0 fully saturated rings. The fourth-order valence-corrected chi connectivity index (χ4v) is 4.63. The Morgan fingerprint density at radius 3 is 1.97 bits per heavy atom. The topological polar surface area (TPSA) is 97.4 Å². The first kappa shape index (κ1) is 30.3. The minimum Gasteiger partial charge on any atom is -0.479 e. The van der Waals surface area contributed by atoms with Gasteiger partial charge in [0.05, 0.1) is 18.5 Å². The Balaban J connectivity index is 0.000000218. The largest absolute Gasteiger partial charge is 0.479 e. The van der Waals surface area contributed by atoms with E-state index < -0.39 is 12.2 Å². The van der Waals surface area contributed by atoms with E-state index in [1.807, 2.05) is 36.9 Å². The van der Waals surface area contributed by atoms with Gasteiger partial charge in [-0.1, -0.05) is 29.3 Å².